The van der Waals surface area contributed by atoms with Crippen LogP contribution >= 0.6 is 26.8 Å². The second kappa shape index (κ2) is 10.2. The van der Waals surface area contributed by atoms with Crippen LogP contribution in [0.2, 0.25) is 0 Å². The zero-order chi connectivity index (χ0) is 17.3. The Hall–Kier alpha value is -0.908. The van der Waals surface area contributed by atoms with Crippen LogP contribution in [0.25, 0.3) is 0 Å². The predicted molar refractivity (Wildman–Crippen MR) is 114 cm³/mol. The first-order chi connectivity index (χ1) is 11.9. The molecule has 0 spiro atoms. The van der Waals surface area contributed by atoms with Crippen molar-refractivity contribution in [1.29, 1.82) is 0 Å². The van der Waals surface area contributed by atoms with Crippen LogP contribution in [0.1, 0.15) is 0 Å². The van der Waals surface area contributed by atoms with Crippen molar-refractivity contribution in [3.05, 3.63) is 110 Å². The summed E-state index contributed by atoms with van der Waals surface area (Å²) in [5, 5.41) is 4.06. The van der Waals surface area contributed by atoms with Crippen molar-refractivity contribution in [3.8, 4) is 0 Å². The van der Waals surface area contributed by atoms with Gasteiger partial charge in [0.2, 0.25) is 0 Å². The monoisotopic (exact) mass is 535 g/mol. The van der Waals surface area contributed by atoms with E-state index in [9.17, 15) is 0 Å². The standard InChI is InChI=1S/C21H19P.HI.Pd/c1-2-18-22(19-12-6-3-7-13-19,20-14-8-4-9-15-20)21-16-10-5-11-17-21;;/h2-18H,1H2;1H;/q;;+2/p-1. The maximum atomic E-state index is 3.99. The van der Waals surface area contributed by atoms with E-state index in [0.717, 1.165) is 0 Å². The Morgan fingerprint density at radius 3 is 1.17 bits per heavy atom. The zero-order valence-corrected chi connectivity index (χ0v) is 17.8. The Labute approximate surface area is 167 Å². The first-order valence-corrected chi connectivity index (χ1v) is 14.0. The molecule has 0 bridgehead atoms. The summed E-state index contributed by atoms with van der Waals surface area (Å²) < 4.78 is 0. The van der Waals surface area contributed by atoms with E-state index < -0.39 is 7.26 Å². The fraction of sp³-hybridized carbons (Fsp3) is 0. The second-order valence-corrected chi connectivity index (χ2v) is 8.41. The number of benzene rings is 3. The van der Waals surface area contributed by atoms with Gasteiger partial charge in [-0.2, -0.15) is 6.08 Å². The molecule has 0 N–H and O–H groups in total. The Morgan fingerprint density at radius 2 is 0.917 bits per heavy atom. The fourth-order valence-electron chi connectivity index (χ4n) is 2.85. The summed E-state index contributed by atoms with van der Waals surface area (Å²) in [5.41, 5.74) is 0. The molecule has 3 heteroatoms. The van der Waals surface area contributed by atoms with Crippen molar-refractivity contribution >= 4 is 42.7 Å². The van der Waals surface area contributed by atoms with Crippen LogP contribution in [0.3, 0.4) is 0 Å². The van der Waals surface area contributed by atoms with E-state index >= 15 is 0 Å². The van der Waals surface area contributed by atoms with Gasteiger partial charge in [0, 0.05) is 0 Å². The van der Waals surface area contributed by atoms with Gasteiger partial charge in [0.1, 0.15) is 0 Å². The van der Waals surface area contributed by atoms with Crippen molar-refractivity contribution in [2.75, 3.05) is 0 Å². The van der Waals surface area contributed by atoms with Gasteiger partial charge >= 0.3 is 35.1 Å². The molecule has 3 aromatic rings. The Bertz CT molecular complexity index is 646. The van der Waals surface area contributed by atoms with Gasteiger partial charge in [-0.3, -0.25) is 0 Å². The van der Waals surface area contributed by atoms with Crippen molar-refractivity contribution in [2.24, 2.45) is 0 Å². The third-order valence-electron chi connectivity index (χ3n) is 3.82. The van der Waals surface area contributed by atoms with Crippen LogP contribution < -0.4 is 15.9 Å². The summed E-state index contributed by atoms with van der Waals surface area (Å²) >= 11 is 4.72. The quantitative estimate of drug-likeness (QED) is 0.186. The third kappa shape index (κ3) is 4.19. The molecule has 0 nitrogen and oxygen atoms in total. The minimum absolute atomic E-state index is 1.35. The van der Waals surface area contributed by atoms with Crippen molar-refractivity contribution in [1.82, 2.24) is 0 Å². The molecule has 0 aliphatic heterocycles. The average molecular weight is 536 g/mol. The van der Waals surface area contributed by atoms with Crippen LogP contribution in [0.5, 0.6) is 0 Å². The number of hydrogen-bond donors (Lipinski definition) is 0. The molecule has 3 aromatic carbocycles. The Kier molecular flexibility index (Phi) is 8.23. The van der Waals surface area contributed by atoms with Gasteiger partial charge in [-0.15, -0.1) is 0 Å². The molecule has 0 heterocycles. The number of hydrogen-bond acceptors (Lipinski definition) is 0. The second-order valence-electron chi connectivity index (χ2n) is 5.11. The van der Waals surface area contributed by atoms with Crippen molar-refractivity contribution in [2.45, 2.75) is 0 Å². The fourth-order valence-corrected chi connectivity index (χ4v) is 6.51. The van der Waals surface area contributed by atoms with Crippen LogP contribution in [0, 0.1) is 6.92 Å². The Balaban J connectivity index is 0.00000100. The Morgan fingerprint density at radius 1 is 0.625 bits per heavy atom. The molecule has 3 rings (SSSR count). The summed E-state index contributed by atoms with van der Waals surface area (Å²) in [6.45, 7) is 3.99. The van der Waals surface area contributed by atoms with Crippen LogP contribution in [-0.4, -0.2) is 0 Å². The van der Waals surface area contributed by atoms with E-state index in [1.807, 2.05) is 25.6 Å². The first kappa shape index (κ1) is 19.4. The molecule has 0 aromatic heterocycles. The summed E-state index contributed by atoms with van der Waals surface area (Å²) in [7, 11) is -1.80. The molecule has 0 radical (unpaired) electrons. The molecular formula is C21H19IPPd+. The number of allylic oxidation sites excluding steroid dienone is 1. The van der Waals surface area contributed by atoms with Gasteiger partial charge in [-0.05, 0) is 36.4 Å². The molecule has 124 valence electrons. The van der Waals surface area contributed by atoms with E-state index in [0.29, 0.717) is 0 Å². The maximum absolute atomic E-state index is 3.99. The molecule has 0 atom stereocenters. The van der Waals surface area contributed by atoms with Gasteiger partial charge in [-0.25, -0.2) is 6.92 Å². The zero-order valence-electron chi connectivity index (χ0n) is 13.2. The average Bonchev–Trinajstić information content (AvgIpc) is 2.70. The van der Waals surface area contributed by atoms with E-state index in [2.05, 4.69) is 119 Å². The van der Waals surface area contributed by atoms with Crippen LogP contribution in [0.15, 0.2) is 103 Å². The van der Waals surface area contributed by atoms with Gasteiger partial charge in [0.05, 0.1) is 23.2 Å². The number of halogens is 1. The first-order valence-electron chi connectivity index (χ1n) is 7.52. The molecule has 0 aliphatic carbocycles. The molecule has 0 saturated heterocycles. The third-order valence-corrected chi connectivity index (χ3v) is 7.82. The normalized spacial score (nSPS) is 11.0. The predicted octanol–water partition coefficient (Wildman–Crippen LogP) is 5.21. The summed E-state index contributed by atoms with van der Waals surface area (Å²) in [4.78, 5) is 0. The van der Waals surface area contributed by atoms with E-state index in [-0.39, 0.29) is 0 Å². The number of rotatable bonds is 4. The molecular weight excluding hydrogens is 517 g/mol. The molecule has 0 amide bonds. The molecule has 0 unspecified atom stereocenters. The van der Waals surface area contributed by atoms with Crippen LogP contribution in [-0.2, 0) is 15.6 Å². The topological polar surface area (TPSA) is 0 Å². The van der Waals surface area contributed by atoms with Crippen LogP contribution in [0.4, 0.5) is 0 Å². The van der Waals surface area contributed by atoms with Crippen molar-refractivity contribution < 1.29 is 15.6 Å². The molecule has 24 heavy (non-hydrogen) atoms. The molecule has 0 saturated carbocycles. The van der Waals surface area contributed by atoms with Gasteiger partial charge < -0.3 is 0 Å². The summed E-state index contributed by atoms with van der Waals surface area (Å²) in [5.74, 6) is 2.30. The SMILES string of the molecule is [CH2-]C=C[P+](c1ccccc1)(c1ccccc1)c1ccccc1.[Pd+][I]. The van der Waals surface area contributed by atoms with Gasteiger partial charge in [0.15, 0.2) is 0 Å². The van der Waals surface area contributed by atoms with E-state index in [1.165, 1.54) is 15.9 Å². The summed E-state index contributed by atoms with van der Waals surface area (Å²) in [6, 6.07) is 32.3. The van der Waals surface area contributed by atoms with E-state index in [4.69, 9.17) is 0 Å². The van der Waals surface area contributed by atoms with E-state index in [1.54, 1.807) is 0 Å². The van der Waals surface area contributed by atoms with Gasteiger partial charge in [-0.1, -0.05) is 60.4 Å². The van der Waals surface area contributed by atoms with Crippen molar-refractivity contribution in [3.63, 3.8) is 0 Å². The molecule has 0 aliphatic rings. The van der Waals surface area contributed by atoms with Gasteiger partial charge in [0.25, 0.3) is 0 Å². The molecule has 0 fully saturated rings. The minimum atomic E-state index is -1.80. The summed E-state index contributed by atoms with van der Waals surface area (Å²) in [6.07, 6.45) is 1.95.